The summed E-state index contributed by atoms with van der Waals surface area (Å²) in [7, 11) is 0. The average molecular weight is 288 g/mol. The van der Waals surface area contributed by atoms with Gasteiger partial charge < -0.3 is 5.73 Å². The van der Waals surface area contributed by atoms with E-state index in [1.54, 1.807) is 6.07 Å². The van der Waals surface area contributed by atoms with Crippen LogP contribution in [0.4, 0.5) is 10.3 Å². The topological polar surface area (TPSA) is 80.5 Å². The fraction of sp³-hybridized carbons (Fsp3) is 0. The Morgan fingerprint density at radius 3 is 2.90 bits per heavy atom. The number of rotatable bonds is 1. The van der Waals surface area contributed by atoms with Crippen LogP contribution in [0.25, 0.3) is 16.9 Å². The van der Waals surface area contributed by atoms with E-state index in [1.165, 1.54) is 22.9 Å². The summed E-state index contributed by atoms with van der Waals surface area (Å²) < 4.78 is 14.7. The first-order chi connectivity index (χ1) is 9.60. The molecule has 0 bridgehead atoms. The number of imidazole rings is 1. The van der Waals surface area contributed by atoms with Crippen LogP contribution in [-0.4, -0.2) is 14.5 Å². The molecule has 0 saturated heterocycles. The van der Waals surface area contributed by atoms with Crippen molar-refractivity contribution in [2.75, 3.05) is 5.73 Å². The molecule has 3 aromatic rings. The van der Waals surface area contributed by atoms with Crippen LogP contribution in [0.1, 0.15) is 5.56 Å². The number of aromatic nitrogens is 3. The summed E-state index contributed by atoms with van der Waals surface area (Å²) in [6.45, 7) is 0. The monoisotopic (exact) mass is 287 g/mol. The van der Waals surface area contributed by atoms with Crippen molar-refractivity contribution < 1.29 is 4.39 Å². The molecule has 20 heavy (non-hydrogen) atoms. The molecular weight excluding hydrogens is 281 g/mol. The SMILES string of the molecule is N#Cc1cc(F)ccc1-n1c(N)nc2cc(Cl)cnc21. The van der Waals surface area contributed by atoms with E-state index in [-0.39, 0.29) is 11.5 Å². The fourth-order valence-corrected chi connectivity index (χ4v) is 2.14. The van der Waals surface area contributed by atoms with E-state index in [2.05, 4.69) is 9.97 Å². The molecule has 2 aromatic heterocycles. The summed E-state index contributed by atoms with van der Waals surface area (Å²) in [6, 6.07) is 7.39. The molecule has 0 saturated carbocycles. The van der Waals surface area contributed by atoms with Crippen molar-refractivity contribution in [1.82, 2.24) is 14.5 Å². The first-order valence-corrected chi connectivity index (χ1v) is 5.97. The molecule has 0 fully saturated rings. The first kappa shape index (κ1) is 12.4. The summed E-state index contributed by atoms with van der Waals surface area (Å²) in [5.41, 5.74) is 7.39. The molecule has 1 aromatic carbocycles. The van der Waals surface area contributed by atoms with Gasteiger partial charge in [0.2, 0.25) is 5.95 Å². The largest absolute Gasteiger partial charge is 0.369 e. The van der Waals surface area contributed by atoms with Gasteiger partial charge in [-0.1, -0.05) is 11.6 Å². The predicted molar refractivity (Wildman–Crippen MR) is 73.0 cm³/mol. The van der Waals surface area contributed by atoms with Crippen molar-refractivity contribution in [3.63, 3.8) is 0 Å². The standard InChI is InChI=1S/C13H7ClFN5/c14-8-4-10-12(18-6-8)20(13(17)19-10)11-2-1-9(15)3-7(11)5-16/h1-4,6H,(H2,17,19). The Morgan fingerprint density at radius 1 is 1.35 bits per heavy atom. The molecule has 98 valence electrons. The molecule has 0 spiro atoms. The molecule has 3 rings (SSSR count). The number of benzene rings is 1. The lowest BCUT2D eigenvalue weighted by Gasteiger charge is -2.07. The normalized spacial score (nSPS) is 10.7. The van der Waals surface area contributed by atoms with Crippen molar-refractivity contribution in [3.05, 3.63) is 46.9 Å². The number of pyridine rings is 1. The maximum Gasteiger partial charge on any atom is 0.207 e. The third-order valence-electron chi connectivity index (χ3n) is 2.81. The van der Waals surface area contributed by atoms with Gasteiger partial charge in [-0.15, -0.1) is 0 Å². The first-order valence-electron chi connectivity index (χ1n) is 5.59. The lowest BCUT2D eigenvalue weighted by atomic mass is 10.2. The van der Waals surface area contributed by atoms with Crippen LogP contribution < -0.4 is 5.73 Å². The van der Waals surface area contributed by atoms with Crippen molar-refractivity contribution >= 4 is 28.7 Å². The van der Waals surface area contributed by atoms with Gasteiger partial charge in [-0.3, -0.25) is 4.57 Å². The average Bonchev–Trinajstić information content (AvgIpc) is 2.73. The second-order valence-corrected chi connectivity index (χ2v) is 4.51. The highest BCUT2D eigenvalue weighted by Gasteiger charge is 2.15. The Labute approximate surface area is 118 Å². The maximum atomic E-state index is 13.2. The number of nitrogens with zero attached hydrogens (tertiary/aromatic N) is 4. The van der Waals surface area contributed by atoms with Gasteiger partial charge in [0.1, 0.15) is 17.4 Å². The van der Waals surface area contributed by atoms with Crippen molar-refractivity contribution in [1.29, 1.82) is 5.26 Å². The van der Waals surface area contributed by atoms with Gasteiger partial charge in [0.25, 0.3) is 0 Å². The van der Waals surface area contributed by atoms with Gasteiger partial charge in [-0.2, -0.15) is 5.26 Å². The number of nitriles is 1. The molecule has 5 nitrogen and oxygen atoms in total. The quantitative estimate of drug-likeness (QED) is 0.746. The minimum atomic E-state index is -0.496. The Bertz CT molecular complexity index is 865. The molecule has 2 heterocycles. The van der Waals surface area contributed by atoms with E-state index < -0.39 is 5.82 Å². The zero-order valence-corrected chi connectivity index (χ0v) is 10.8. The van der Waals surface area contributed by atoms with Gasteiger partial charge in [0, 0.05) is 6.20 Å². The van der Waals surface area contributed by atoms with E-state index in [0.717, 1.165) is 6.07 Å². The minimum absolute atomic E-state index is 0.146. The Balaban J connectivity index is 2.35. The lowest BCUT2D eigenvalue weighted by Crippen LogP contribution is -2.04. The van der Waals surface area contributed by atoms with Gasteiger partial charge in [-0.05, 0) is 24.3 Å². The second-order valence-electron chi connectivity index (χ2n) is 4.07. The highest BCUT2D eigenvalue weighted by atomic mass is 35.5. The smallest absolute Gasteiger partial charge is 0.207 e. The van der Waals surface area contributed by atoms with Crippen LogP contribution in [0.5, 0.6) is 0 Å². The number of halogens is 2. The molecule has 0 amide bonds. The molecule has 2 N–H and O–H groups in total. The van der Waals surface area contributed by atoms with Gasteiger partial charge in [-0.25, -0.2) is 14.4 Å². The van der Waals surface area contributed by atoms with E-state index in [9.17, 15) is 4.39 Å². The van der Waals surface area contributed by atoms with Crippen LogP contribution >= 0.6 is 11.6 Å². The van der Waals surface area contributed by atoms with E-state index in [0.29, 0.717) is 21.9 Å². The molecule has 7 heteroatoms. The minimum Gasteiger partial charge on any atom is -0.369 e. The zero-order valence-electron chi connectivity index (χ0n) is 10.0. The number of hydrogen-bond acceptors (Lipinski definition) is 4. The Kier molecular flexibility index (Phi) is 2.77. The highest BCUT2D eigenvalue weighted by molar-refractivity contribution is 6.31. The number of anilines is 1. The van der Waals surface area contributed by atoms with Crippen molar-refractivity contribution in [2.24, 2.45) is 0 Å². The summed E-state index contributed by atoms with van der Waals surface area (Å²) in [4.78, 5) is 8.30. The third kappa shape index (κ3) is 1.85. The predicted octanol–water partition coefficient (Wildman–Crippen LogP) is 2.67. The number of nitrogen functional groups attached to an aromatic ring is 1. The lowest BCUT2D eigenvalue weighted by molar-refractivity contribution is 0.627. The summed E-state index contributed by atoms with van der Waals surface area (Å²) in [6.07, 6.45) is 1.46. The van der Waals surface area contributed by atoms with E-state index >= 15 is 0 Å². The van der Waals surface area contributed by atoms with Gasteiger partial charge in [0.15, 0.2) is 5.65 Å². The molecule has 0 unspecified atom stereocenters. The third-order valence-corrected chi connectivity index (χ3v) is 3.02. The fourth-order valence-electron chi connectivity index (χ4n) is 1.99. The Hall–Kier alpha value is -2.65. The molecule has 0 aliphatic carbocycles. The second kappa shape index (κ2) is 4.47. The van der Waals surface area contributed by atoms with Crippen LogP contribution in [0.3, 0.4) is 0 Å². The maximum absolute atomic E-state index is 13.2. The number of nitrogens with two attached hydrogens (primary N) is 1. The molecule has 0 aliphatic rings. The van der Waals surface area contributed by atoms with Crippen LogP contribution in [0, 0.1) is 17.1 Å². The molecule has 0 atom stereocenters. The number of fused-ring (bicyclic) bond motifs is 1. The zero-order chi connectivity index (χ0) is 14.3. The molecule has 0 radical (unpaired) electrons. The van der Waals surface area contributed by atoms with Gasteiger partial charge >= 0.3 is 0 Å². The molecule has 0 aliphatic heterocycles. The Morgan fingerprint density at radius 2 is 2.15 bits per heavy atom. The van der Waals surface area contributed by atoms with E-state index in [4.69, 9.17) is 22.6 Å². The summed E-state index contributed by atoms with van der Waals surface area (Å²) in [5.74, 6) is -0.345. The highest BCUT2D eigenvalue weighted by Crippen LogP contribution is 2.25. The van der Waals surface area contributed by atoms with Crippen molar-refractivity contribution in [2.45, 2.75) is 0 Å². The summed E-state index contributed by atoms with van der Waals surface area (Å²) >= 11 is 5.85. The van der Waals surface area contributed by atoms with Crippen LogP contribution in [-0.2, 0) is 0 Å². The van der Waals surface area contributed by atoms with E-state index in [1.807, 2.05) is 6.07 Å². The summed E-state index contributed by atoms with van der Waals surface area (Å²) in [5, 5.41) is 9.55. The van der Waals surface area contributed by atoms with Gasteiger partial charge in [0.05, 0.1) is 16.3 Å². The number of hydrogen-bond donors (Lipinski definition) is 1. The molecular formula is C13H7ClFN5. The van der Waals surface area contributed by atoms with Crippen LogP contribution in [0.15, 0.2) is 30.5 Å². The van der Waals surface area contributed by atoms with Crippen LogP contribution in [0.2, 0.25) is 5.02 Å². The van der Waals surface area contributed by atoms with Crippen molar-refractivity contribution in [3.8, 4) is 11.8 Å².